The highest BCUT2D eigenvalue weighted by atomic mass is 15.0. The molecule has 3 heterocycles. The standard InChI is InChI=1S/C67H43N5/c1-4-18-44(19-5-1)49-37-39-63(71-59-28-14-10-24-54(59)55-25-11-15-29-60(55)71)58(42-49)50-34-32-48-41-51(35-33-47(48)40-50)66-68-65(46-22-8-3-9-23-46)69-67(70-66)52-36-38-53(45-20-6-2-7-21-45)64(43-52)72-61-30-16-12-26-56(61)57-27-13-17-31-62(57)72/h1-43H. The molecule has 72 heavy (non-hydrogen) atoms. The Morgan fingerprint density at radius 2 is 0.611 bits per heavy atom. The monoisotopic (exact) mass is 917 g/mol. The minimum Gasteiger partial charge on any atom is -0.309 e. The maximum absolute atomic E-state index is 5.31. The van der Waals surface area contributed by atoms with E-state index in [1.165, 1.54) is 43.7 Å². The first-order chi connectivity index (χ1) is 35.7. The van der Waals surface area contributed by atoms with Gasteiger partial charge in [-0.1, -0.05) is 206 Å². The van der Waals surface area contributed by atoms with Crippen molar-refractivity contribution in [2.24, 2.45) is 0 Å². The summed E-state index contributed by atoms with van der Waals surface area (Å²) >= 11 is 0. The molecule has 5 heteroatoms. The molecule has 0 aliphatic heterocycles. The van der Waals surface area contributed by atoms with E-state index >= 15 is 0 Å². The molecular weight excluding hydrogens is 875 g/mol. The highest BCUT2D eigenvalue weighted by Gasteiger charge is 2.21. The van der Waals surface area contributed by atoms with Crippen molar-refractivity contribution in [2.45, 2.75) is 0 Å². The van der Waals surface area contributed by atoms with Gasteiger partial charge in [-0.25, -0.2) is 15.0 Å². The van der Waals surface area contributed by atoms with Crippen LogP contribution in [0.1, 0.15) is 0 Å². The van der Waals surface area contributed by atoms with Crippen LogP contribution >= 0.6 is 0 Å². The molecule has 336 valence electrons. The quantitative estimate of drug-likeness (QED) is 0.153. The van der Waals surface area contributed by atoms with Crippen molar-refractivity contribution in [2.75, 3.05) is 0 Å². The van der Waals surface area contributed by atoms with E-state index in [1.54, 1.807) is 0 Å². The van der Waals surface area contributed by atoms with Crippen LogP contribution in [0.4, 0.5) is 0 Å². The number of benzene rings is 11. The Balaban J connectivity index is 0.920. The normalized spacial score (nSPS) is 11.6. The van der Waals surface area contributed by atoms with Gasteiger partial charge in [0.05, 0.1) is 33.4 Å². The Bertz CT molecular complexity index is 4270. The summed E-state index contributed by atoms with van der Waals surface area (Å²) in [6, 6.07) is 93.1. The van der Waals surface area contributed by atoms with Gasteiger partial charge >= 0.3 is 0 Å². The molecule has 0 bridgehead atoms. The lowest BCUT2D eigenvalue weighted by Crippen LogP contribution is -2.02. The first-order valence-corrected chi connectivity index (χ1v) is 24.4. The second-order valence-corrected chi connectivity index (χ2v) is 18.4. The maximum Gasteiger partial charge on any atom is 0.164 e. The van der Waals surface area contributed by atoms with E-state index in [2.05, 4.69) is 252 Å². The van der Waals surface area contributed by atoms with Crippen LogP contribution in [-0.2, 0) is 0 Å². The summed E-state index contributed by atoms with van der Waals surface area (Å²) in [5.41, 5.74) is 16.4. The first kappa shape index (κ1) is 41.3. The second kappa shape index (κ2) is 17.1. The van der Waals surface area contributed by atoms with Crippen LogP contribution in [-0.4, -0.2) is 24.1 Å². The van der Waals surface area contributed by atoms with E-state index in [1.807, 2.05) is 18.2 Å². The molecule has 14 rings (SSSR count). The predicted octanol–water partition coefficient (Wildman–Crippen LogP) is 17.2. The highest BCUT2D eigenvalue weighted by Crippen LogP contribution is 2.41. The number of fused-ring (bicyclic) bond motifs is 7. The van der Waals surface area contributed by atoms with Crippen molar-refractivity contribution in [1.29, 1.82) is 0 Å². The predicted molar refractivity (Wildman–Crippen MR) is 299 cm³/mol. The molecule has 0 amide bonds. The Morgan fingerprint density at radius 1 is 0.222 bits per heavy atom. The minimum absolute atomic E-state index is 0.604. The van der Waals surface area contributed by atoms with Crippen molar-refractivity contribution in [3.8, 4) is 78.9 Å². The fourth-order valence-corrected chi connectivity index (χ4v) is 10.8. The summed E-state index contributed by atoms with van der Waals surface area (Å²) in [5.74, 6) is 1.83. The average molecular weight is 918 g/mol. The molecule has 0 unspecified atom stereocenters. The van der Waals surface area contributed by atoms with Crippen LogP contribution < -0.4 is 0 Å². The lowest BCUT2D eigenvalue weighted by atomic mass is 9.95. The Morgan fingerprint density at radius 3 is 1.15 bits per heavy atom. The number of hydrogen-bond acceptors (Lipinski definition) is 3. The molecule has 0 aliphatic carbocycles. The van der Waals surface area contributed by atoms with Crippen LogP contribution in [0.2, 0.25) is 0 Å². The number of hydrogen-bond donors (Lipinski definition) is 0. The Hall–Kier alpha value is -9.71. The van der Waals surface area contributed by atoms with Gasteiger partial charge in [0.2, 0.25) is 0 Å². The van der Waals surface area contributed by atoms with Crippen molar-refractivity contribution in [3.05, 3.63) is 261 Å². The van der Waals surface area contributed by atoms with Crippen molar-refractivity contribution in [1.82, 2.24) is 24.1 Å². The van der Waals surface area contributed by atoms with Crippen molar-refractivity contribution >= 4 is 54.4 Å². The average Bonchev–Trinajstić information content (AvgIpc) is 3.98. The zero-order valence-electron chi connectivity index (χ0n) is 39.1. The molecule has 0 spiro atoms. The van der Waals surface area contributed by atoms with Crippen molar-refractivity contribution < 1.29 is 0 Å². The van der Waals surface area contributed by atoms with Gasteiger partial charge in [0, 0.05) is 49.4 Å². The second-order valence-electron chi connectivity index (χ2n) is 18.4. The summed E-state index contributed by atoms with van der Waals surface area (Å²) < 4.78 is 4.81. The molecule has 0 aliphatic rings. The number of nitrogens with zero attached hydrogens (tertiary/aromatic N) is 5. The molecule has 0 saturated heterocycles. The Kier molecular flexibility index (Phi) is 9.78. The molecule has 0 atom stereocenters. The van der Waals surface area contributed by atoms with Crippen LogP contribution in [0.15, 0.2) is 261 Å². The zero-order chi connectivity index (χ0) is 47.5. The zero-order valence-corrected chi connectivity index (χ0v) is 39.1. The van der Waals surface area contributed by atoms with Crippen LogP contribution in [0, 0.1) is 0 Å². The molecule has 5 nitrogen and oxygen atoms in total. The number of aromatic nitrogens is 5. The molecule has 11 aromatic carbocycles. The van der Waals surface area contributed by atoms with E-state index in [-0.39, 0.29) is 0 Å². The van der Waals surface area contributed by atoms with Gasteiger partial charge in [-0.3, -0.25) is 0 Å². The van der Waals surface area contributed by atoms with Crippen LogP contribution in [0.5, 0.6) is 0 Å². The summed E-state index contributed by atoms with van der Waals surface area (Å²) in [5, 5.41) is 7.11. The van der Waals surface area contributed by atoms with E-state index in [4.69, 9.17) is 15.0 Å². The summed E-state index contributed by atoms with van der Waals surface area (Å²) in [4.78, 5) is 15.7. The number of para-hydroxylation sites is 4. The topological polar surface area (TPSA) is 48.5 Å². The Labute approximate surface area is 416 Å². The summed E-state index contributed by atoms with van der Waals surface area (Å²) in [6.07, 6.45) is 0. The van der Waals surface area contributed by atoms with Gasteiger partial charge in [-0.2, -0.15) is 0 Å². The number of rotatable bonds is 8. The van der Waals surface area contributed by atoms with Gasteiger partial charge in [0.25, 0.3) is 0 Å². The molecule has 14 aromatic rings. The van der Waals surface area contributed by atoms with Gasteiger partial charge in [0.1, 0.15) is 0 Å². The van der Waals surface area contributed by atoms with Gasteiger partial charge < -0.3 is 9.13 Å². The SMILES string of the molecule is c1ccc(-c2ccc(-n3c4ccccc4c4ccccc43)c(-c3ccc4cc(-c5nc(-c6ccccc6)nc(-c6ccc(-c7ccccc7)c(-n7c8ccccc8c8ccccc87)c6)n5)ccc4c3)c2)cc1. The fourth-order valence-electron chi connectivity index (χ4n) is 10.8. The lowest BCUT2D eigenvalue weighted by Gasteiger charge is -2.17. The summed E-state index contributed by atoms with van der Waals surface area (Å²) in [6.45, 7) is 0. The third-order valence-corrected chi connectivity index (χ3v) is 14.2. The van der Waals surface area contributed by atoms with Crippen LogP contribution in [0.3, 0.4) is 0 Å². The molecule has 3 aromatic heterocycles. The largest absolute Gasteiger partial charge is 0.309 e. The van der Waals surface area contributed by atoms with Gasteiger partial charge in [0.15, 0.2) is 17.5 Å². The maximum atomic E-state index is 5.31. The highest BCUT2D eigenvalue weighted by molar-refractivity contribution is 6.11. The molecule has 0 fully saturated rings. The van der Waals surface area contributed by atoms with E-state index in [0.29, 0.717) is 17.5 Å². The van der Waals surface area contributed by atoms with Crippen LogP contribution in [0.25, 0.3) is 133 Å². The fraction of sp³-hybridized carbons (Fsp3) is 0. The summed E-state index contributed by atoms with van der Waals surface area (Å²) in [7, 11) is 0. The van der Waals surface area contributed by atoms with E-state index < -0.39 is 0 Å². The first-order valence-electron chi connectivity index (χ1n) is 24.4. The van der Waals surface area contributed by atoms with Crippen molar-refractivity contribution in [3.63, 3.8) is 0 Å². The van der Waals surface area contributed by atoms with E-state index in [9.17, 15) is 0 Å². The molecular formula is C67H43N5. The molecule has 0 N–H and O–H groups in total. The smallest absolute Gasteiger partial charge is 0.164 e. The van der Waals surface area contributed by atoms with Gasteiger partial charge in [-0.15, -0.1) is 0 Å². The lowest BCUT2D eigenvalue weighted by molar-refractivity contribution is 1.07. The third kappa shape index (κ3) is 6.98. The molecule has 0 radical (unpaired) electrons. The van der Waals surface area contributed by atoms with Gasteiger partial charge in [-0.05, 0) is 87.6 Å². The van der Waals surface area contributed by atoms with E-state index in [0.717, 1.165) is 72.1 Å². The molecule has 0 saturated carbocycles. The third-order valence-electron chi connectivity index (χ3n) is 14.2. The minimum atomic E-state index is 0.604.